The summed E-state index contributed by atoms with van der Waals surface area (Å²) in [4.78, 5) is 28.5. The molecule has 22 heavy (non-hydrogen) atoms. The standard InChI is InChI=1S/C15H24N4O2S/c1-13(20)16-5-6-17-15(21)19-8-3-7-18(9-10-19)12-14-4-2-11-22-14/h2,4,11H,3,5-10,12H2,1H3,(H,16,20)(H,17,21). The summed E-state index contributed by atoms with van der Waals surface area (Å²) < 4.78 is 0. The first-order valence-electron chi connectivity index (χ1n) is 7.67. The third-order valence-electron chi connectivity index (χ3n) is 3.61. The van der Waals surface area contributed by atoms with Crippen molar-refractivity contribution < 1.29 is 9.59 Å². The van der Waals surface area contributed by atoms with E-state index in [1.54, 1.807) is 11.3 Å². The fraction of sp³-hybridized carbons (Fsp3) is 0.600. The van der Waals surface area contributed by atoms with Gasteiger partial charge in [-0.05, 0) is 17.9 Å². The maximum absolute atomic E-state index is 12.1. The number of hydrogen-bond acceptors (Lipinski definition) is 4. The molecule has 2 N–H and O–H groups in total. The van der Waals surface area contributed by atoms with Crippen LogP contribution in [0.15, 0.2) is 17.5 Å². The van der Waals surface area contributed by atoms with Gasteiger partial charge in [0, 0.05) is 57.6 Å². The van der Waals surface area contributed by atoms with Crippen LogP contribution in [-0.2, 0) is 11.3 Å². The molecule has 3 amide bonds. The maximum atomic E-state index is 12.1. The SMILES string of the molecule is CC(=O)NCCNC(=O)N1CCCN(Cc2cccs2)CC1. The van der Waals surface area contributed by atoms with E-state index in [4.69, 9.17) is 0 Å². The molecule has 1 saturated heterocycles. The number of nitrogens with one attached hydrogen (secondary N) is 2. The van der Waals surface area contributed by atoms with Gasteiger partial charge in [0.05, 0.1) is 0 Å². The van der Waals surface area contributed by atoms with Gasteiger partial charge in [0.2, 0.25) is 5.91 Å². The number of urea groups is 1. The van der Waals surface area contributed by atoms with E-state index in [1.165, 1.54) is 11.8 Å². The Morgan fingerprint density at radius 2 is 2.00 bits per heavy atom. The fourth-order valence-corrected chi connectivity index (χ4v) is 3.22. The number of thiophene rings is 1. The second-order valence-corrected chi connectivity index (χ2v) is 6.44. The largest absolute Gasteiger partial charge is 0.355 e. The Morgan fingerprint density at radius 3 is 2.73 bits per heavy atom. The molecule has 1 aliphatic heterocycles. The zero-order valence-electron chi connectivity index (χ0n) is 13.0. The van der Waals surface area contributed by atoms with Gasteiger partial charge in [0.1, 0.15) is 0 Å². The van der Waals surface area contributed by atoms with E-state index in [0.717, 1.165) is 39.1 Å². The van der Waals surface area contributed by atoms with E-state index in [1.807, 2.05) is 4.90 Å². The van der Waals surface area contributed by atoms with Crippen LogP contribution in [0.4, 0.5) is 4.79 Å². The van der Waals surface area contributed by atoms with Gasteiger partial charge in [0.25, 0.3) is 0 Å². The highest BCUT2D eigenvalue weighted by Crippen LogP contribution is 2.13. The lowest BCUT2D eigenvalue weighted by Gasteiger charge is -2.22. The predicted molar refractivity (Wildman–Crippen MR) is 87.9 cm³/mol. The van der Waals surface area contributed by atoms with Crippen molar-refractivity contribution in [3.8, 4) is 0 Å². The summed E-state index contributed by atoms with van der Waals surface area (Å²) in [6.45, 7) is 6.83. The van der Waals surface area contributed by atoms with Crippen LogP contribution in [0, 0.1) is 0 Å². The first-order valence-corrected chi connectivity index (χ1v) is 8.55. The predicted octanol–water partition coefficient (Wildman–Crippen LogP) is 1.10. The Balaban J connectivity index is 1.70. The minimum absolute atomic E-state index is 0.0386. The minimum Gasteiger partial charge on any atom is -0.355 e. The van der Waals surface area contributed by atoms with Crippen molar-refractivity contribution >= 4 is 23.3 Å². The smallest absolute Gasteiger partial charge is 0.317 e. The number of carbonyl (C=O) groups excluding carboxylic acids is 2. The molecule has 1 aliphatic rings. The van der Waals surface area contributed by atoms with Gasteiger partial charge in [-0.3, -0.25) is 9.69 Å². The molecule has 122 valence electrons. The van der Waals surface area contributed by atoms with Crippen LogP contribution in [0.25, 0.3) is 0 Å². The molecule has 0 bridgehead atoms. The van der Waals surface area contributed by atoms with Gasteiger partial charge in [0.15, 0.2) is 0 Å². The first-order chi connectivity index (χ1) is 10.6. The number of nitrogens with zero attached hydrogens (tertiary/aromatic N) is 2. The van der Waals surface area contributed by atoms with Crippen molar-refractivity contribution in [2.75, 3.05) is 39.3 Å². The van der Waals surface area contributed by atoms with Crippen molar-refractivity contribution in [2.45, 2.75) is 19.9 Å². The zero-order chi connectivity index (χ0) is 15.8. The van der Waals surface area contributed by atoms with Crippen molar-refractivity contribution in [3.05, 3.63) is 22.4 Å². The molecule has 6 nitrogen and oxygen atoms in total. The van der Waals surface area contributed by atoms with E-state index in [2.05, 4.69) is 33.0 Å². The summed E-state index contributed by atoms with van der Waals surface area (Å²) in [7, 11) is 0. The monoisotopic (exact) mass is 324 g/mol. The average molecular weight is 324 g/mol. The van der Waals surface area contributed by atoms with Crippen LogP contribution in [0.2, 0.25) is 0 Å². The lowest BCUT2D eigenvalue weighted by molar-refractivity contribution is -0.118. The number of carbonyl (C=O) groups is 2. The summed E-state index contributed by atoms with van der Waals surface area (Å²) in [6.07, 6.45) is 0.991. The highest BCUT2D eigenvalue weighted by Gasteiger charge is 2.18. The van der Waals surface area contributed by atoms with Crippen LogP contribution < -0.4 is 10.6 Å². The summed E-state index contributed by atoms with van der Waals surface area (Å²) >= 11 is 1.78. The molecule has 1 aromatic rings. The molecule has 0 spiro atoms. The average Bonchev–Trinajstić information content (AvgIpc) is 2.88. The van der Waals surface area contributed by atoms with E-state index >= 15 is 0 Å². The van der Waals surface area contributed by atoms with E-state index in [-0.39, 0.29) is 11.9 Å². The maximum Gasteiger partial charge on any atom is 0.317 e. The van der Waals surface area contributed by atoms with Crippen molar-refractivity contribution in [1.29, 1.82) is 0 Å². The molecule has 1 fully saturated rings. The Hall–Kier alpha value is -1.60. The van der Waals surface area contributed by atoms with Crippen molar-refractivity contribution in [3.63, 3.8) is 0 Å². The van der Waals surface area contributed by atoms with Crippen molar-refractivity contribution in [2.24, 2.45) is 0 Å². The van der Waals surface area contributed by atoms with Crippen LogP contribution in [0.3, 0.4) is 0 Å². The molecular formula is C15H24N4O2S. The highest BCUT2D eigenvalue weighted by atomic mass is 32.1. The molecule has 2 heterocycles. The molecule has 1 aromatic heterocycles. The quantitative estimate of drug-likeness (QED) is 0.797. The number of amides is 3. The number of hydrogen-bond donors (Lipinski definition) is 2. The topological polar surface area (TPSA) is 64.7 Å². The second-order valence-electron chi connectivity index (χ2n) is 5.41. The third-order valence-corrected chi connectivity index (χ3v) is 4.47. The first kappa shape index (κ1) is 16.8. The third kappa shape index (κ3) is 5.65. The van der Waals surface area contributed by atoms with E-state index in [9.17, 15) is 9.59 Å². The van der Waals surface area contributed by atoms with Gasteiger partial charge in [-0.15, -0.1) is 11.3 Å². The molecular weight excluding hydrogens is 300 g/mol. The molecule has 0 saturated carbocycles. The Bertz CT molecular complexity index is 478. The van der Waals surface area contributed by atoms with E-state index < -0.39 is 0 Å². The zero-order valence-corrected chi connectivity index (χ0v) is 13.8. The van der Waals surface area contributed by atoms with Gasteiger partial charge in [-0.2, -0.15) is 0 Å². The molecule has 0 unspecified atom stereocenters. The summed E-state index contributed by atoms with van der Waals surface area (Å²) in [6, 6.07) is 4.19. The normalized spacial score (nSPS) is 16.1. The van der Waals surface area contributed by atoms with Crippen molar-refractivity contribution in [1.82, 2.24) is 20.4 Å². The molecule has 0 aromatic carbocycles. The lowest BCUT2D eigenvalue weighted by Crippen LogP contribution is -2.44. The fourth-order valence-electron chi connectivity index (χ4n) is 2.47. The van der Waals surface area contributed by atoms with E-state index in [0.29, 0.717) is 13.1 Å². The van der Waals surface area contributed by atoms with Gasteiger partial charge in [-0.1, -0.05) is 6.07 Å². The van der Waals surface area contributed by atoms with Crippen LogP contribution >= 0.6 is 11.3 Å². The number of rotatable bonds is 5. The summed E-state index contributed by atoms with van der Waals surface area (Å²) in [5.41, 5.74) is 0. The van der Waals surface area contributed by atoms with Crippen LogP contribution in [-0.4, -0.2) is 61.0 Å². The molecule has 7 heteroatoms. The lowest BCUT2D eigenvalue weighted by atomic mass is 10.3. The molecule has 0 atom stereocenters. The van der Waals surface area contributed by atoms with Gasteiger partial charge < -0.3 is 15.5 Å². The van der Waals surface area contributed by atoms with Crippen LogP contribution in [0.1, 0.15) is 18.2 Å². The Kier molecular flexibility index (Phi) is 6.67. The minimum atomic E-state index is -0.0757. The van der Waals surface area contributed by atoms with Gasteiger partial charge >= 0.3 is 6.03 Å². The summed E-state index contributed by atoms with van der Waals surface area (Å²) in [5, 5.41) is 7.62. The van der Waals surface area contributed by atoms with Gasteiger partial charge in [-0.25, -0.2) is 4.79 Å². The summed E-state index contributed by atoms with van der Waals surface area (Å²) in [5.74, 6) is -0.0757. The molecule has 2 rings (SSSR count). The second kappa shape index (κ2) is 8.75. The Morgan fingerprint density at radius 1 is 1.18 bits per heavy atom. The molecule has 0 aliphatic carbocycles. The Labute approximate surface area is 135 Å². The highest BCUT2D eigenvalue weighted by molar-refractivity contribution is 7.09. The van der Waals surface area contributed by atoms with Crippen LogP contribution in [0.5, 0.6) is 0 Å². The molecule has 0 radical (unpaired) electrons.